The molecule has 0 radical (unpaired) electrons. The molecule has 0 heterocycles. The Morgan fingerprint density at radius 2 is 2.00 bits per heavy atom. The molecular weight excluding hydrogens is 272 g/mol. The molecule has 0 amide bonds. The zero-order valence-electron chi connectivity index (χ0n) is 14.3. The van der Waals surface area contributed by atoms with Gasteiger partial charge in [-0.3, -0.25) is 4.79 Å². The lowest BCUT2D eigenvalue weighted by atomic mass is 9.46. The van der Waals surface area contributed by atoms with E-state index < -0.39 is 0 Å². The SMILES string of the molecule is C=CC(=C)CC(=O)[C@H]1C(=C)CC[C@H]2C(C)(C)[C@@H](O)CC[C@]12C. The Kier molecular flexibility index (Phi) is 4.54. The summed E-state index contributed by atoms with van der Waals surface area (Å²) in [6, 6.07) is 0. The number of allylic oxidation sites excluding steroid dienone is 3. The van der Waals surface area contributed by atoms with Crippen molar-refractivity contribution in [1.82, 2.24) is 0 Å². The number of ketones is 1. The van der Waals surface area contributed by atoms with Gasteiger partial charge in [-0.1, -0.05) is 52.2 Å². The molecule has 0 aliphatic heterocycles. The van der Waals surface area contributed by atoms with E-state index in [-0.39, 0.29) is 28.6 Å². The number of rotatable bonds is 4. The Hall–Kier alpha value is -1.15. The first-order valence-corrected chi connectivity index (χ1v) is 8.33. The highest BCUT2D eigenvalue weighted by Gasteiger charge is 2.57. The van der Waals surface area contributed by atoms with Crippen molar-refractivity contribution < 1.29 is 9.90 Å². The van der Waals surface area contributed by atoms with E-state index in [0.29, 0.717) is 12.3 Å². The van der Waals surface area contributed by atoms with Crippen molar-refractivity contribution in [2.45, 2.75) is 59.0 Å². The highest BCUT2D eigenvalue weighted by atomic mass is 16.3. The molecule has 2 nitrogen and oxygen atoms in total. The van der Waals surface area contributed by atoms with Crippen molar-refractivity contribution in [3.63, 3.8) is 0 Å². The fourth-order valence-corrected chi connectivity index (χ4v) is 5.06. The third-order valence-electron chi connectivity index (χ3n) is 6.34. The van der Waals surface area contributed by atoms with Gasteiger partial charge in [-0.15, -0.1) is 0 Å². The molecule has 0 spiro atoms. The van der Waals surface area contributed by atoms with Crippen LogP contribution in [0.3, 0.4) is 0 Å². The number of carbonyl (C=O) groups is 1. The van der Waals surface area contributed by atoms with Crippen LogP contribution in [0.5, 0.6) is 0 Å². The molecule has 0 bridgehead atoms. The van der Waals surface area contributed by atoms with Gasteiger partial charge >= 0.3 is 0 Å². The van der Waals surface area contributed by atoms with Gasteiger partial charge in [0.2, 0.25) is 0 Å². The molecule has 2 aliphatic carbocycles. The minimum atomic E-state index is -0.282. The second-order valence-corrected chi connectivity index (χ2v) is 8.07. The summed E-state index contributed by atoms with van der Waals surface area (Å²) in [5.41, 5.74) is 1.59. The van der Waals surface area contributed by atoms with E-state index in [2.05, 4.69) is 40.5 Å². The first kappa shape index (κ1) is 17.2. The van der Waals surface area contributed by atoms with Crippen molar-refractivity contribution in [1.29, 1.82) is 0 Å². The number of hydrogen-bond donors (Lipinski definition) is 1. The summed E-state index contributed by atoms with van der Waals surface area (Å²) in [7, 11) is 0. The zero-order valence-corrected chi connectivity index (χ0v) is 14.3. The van der Waals surface area contributed by atoms with E-state index in [0.717, 1.165) is 36.8 Å². The van der Waals surface area contributed by atoms with Crippen molar-refractivity contribution in [2.75, 3.05) is 0 Å². The van der Waals surface area contributed by atoms with Gasteiger partial charge in [0, 0.05) is 12.3 Å². The number of fused-ring (bicyclic) bond motifs is 1. The third kappa shape index (κ3) is 2.62. The topological polar surface area (TPSA) is 37.3 Å². The number of hydrogen-bond acceptors (Lipinski definition) is 2. The molecular formula is C20H30O2. The maximum absolute atomic E-state index is 12.9. The molecule has 0 saturated heterocycles. The van der Waals surface area contributed by atoms with E-state index in [9.17, 15) is 9.90 Å². The van der Waals surface area contributed by atoms with E-state index in [1.165, 1.54) is 0 Å². The molecule has 0 unspecified atom stereocenters. The lowest BCUT2D eigenvalue weighted by Gasteiger charge is -2.58. The van der Waals surface area contributed by atoms with Crippen LogP contribution in [0.25, 0.3) is 0 Å². The molecule has 122 valence electrons. The smallest absolute Gasteiger partial charge is 0.144 e. The quantitative estimate of drug-likeness (QED) is 0.615. The van der Waals surface area contributed by atoms with Gasteiger partial charge in [0.25, 0.3) is 0 Å². The van der Waals surface area contributed by atoms with Gasteiger partial charge in [-0.2, -0.15) is 0 Å². The Balaban J connectivity index is 2.36. The Labute approximate surface area is 135 Å². The number of aliphatic hydroxyl groups is 1. The minimum absolute atomic E-state index is 0.101. The first-order chi connectivity index (χ1) is 10.1. The van der Waals surface area contributed by atoms with Crippen molar-refractivity contribution >= 4 is 5.78 Å². The molecule has 2 aliphatic rings. The summed E-state index contributed by atoms with van der Waals surface area (Å²) < 4.78 is 0. The summed E-state index contributed by atoms with van der Waals surface area (Å²) in [6.07, 6.45) is 5.29. The van der Waals surface area contributed by atoms with Crippen LogP contribution >= 0.6 is 0 Å². The van der Waals surface area contributed by atoms with Gasteiger partial charge < -0.3 is 5.11 Å². The molecule has 2 saturated carbocycles. The summed E-state index contributed by atoms with van der Waals surface area (Å²) in [5.74, 6) is 0.448. The van der Waals surface area contributed by atoms with Gasteiger partial charge in [0.15, 0.2) is 0 Å². The van der Waals surface area contributed by atoms with Crippen LogP contribution in [0, 0.1) is 22.7 Å². The van der Waals surface area contributed by atoms with Crippen LogP contribution in [0.15, 0.2) is 37.0 Å². The lowest BCUT2D eigenvalue weighted by Crippen LogP contribution is -2.56. The number of aliphatic hydroxyl groups excluding tert-OH is 1. The zero-order chi connectivity index (χ0) is 16.7. The average Bonchev–Trinajstić information content (AvgIpc) is 2.42. The molecule has 0 aromatic heterocycles. The average molecular weight is 302 g/mol. The van der Waals surface area contributed by atoms with Crippen LogP contribution < -0.4 is 0 Å². The molecule has 2 fully saturated rings. The standard InChI is InChI=1S/C20H30O2/c1-7-13(2)12-15(21)18-14(3)8-9-16-19(4,5)17(22)10-11-20(16,18)6/h7,16-18,22H,1-3,8-12H2,4-6H3/t16-,17-,18+,20-/m0/s1. The Bertz CT molecular complexity index is 514. The number of Topliss-reactive ketones (excluding diaryl/α,β-unsaturated/α-hetero) is 1. The highest BCUT2D eigenvalue weighted by Crippen LogP contribution is 2.61. The Morgan fingerprint density at radius 1 is 1.36 bits per heavy atom. The fraction of sp³-hybridized carbons (Fsp3) is 0.650. The van der Waals surface area contributed by atoms with Crippen molar-refractivity contribution in [2.24, 2.45) is 22.7 Å². The molecule has 2 heteroatoms. The van der Waals surface area contributed by atoms with E-state index in [4.69, 9.17) is 0 Å². The summed E-state index contributed by atoms with van der Waals surface area (Å²) in [4.78, 5) is 12.9. The molecule has 0 aromatic carbocycles. The third-order valence-corrected chi connectivity index (χ3v) is 6.34. The van der Waals surface area contributed by atoms with E-state index >= 15 is 0 Å². The van der Waals surface area contributed by atoms with Crippen molar-refractivity contribution in [3.8, 4) is 0 Å². The molecule has 0 aromatic rings. The lowest BCUT2D eigenvalue weighted by molar-refractivity contribution is -0.146. The second-order valence-electron chi connectivity index (χ2n) is 8.07. The van der Waals surface area contributed by atoms with Gasteiger partial charge in [-0.05, 0) is 48.0 Å². The normalized spacial score (nSPS) is 37.3. The molecule has 4 atom stereocenters. The monoisotopic (exact) mass is 302 g/mol. The van der Waals surface area contributed by atoms with Gasteiger partial charge in [-0.25, -0.2) is 0 Å². The van der Waals surface area contributed by atoms with Crippen molar-refractivity contribution in [3.05, 3.63) is 37.0 Å². The maximum atomic E-state index is 12.9. The maximum Gasteiger partial charge on any atom is 0.144 e. The Morgan fingerprint density at radius 3 is 2.59 bits per heavy atom. The summed E-state index contributed by atoms with van der Waals surface area (Å²) in [6.45, 7) is 18.3. The van der Waals surface area contributed by atoms with E-state index in [1.54, 1.807) is 6.08 Å². The number of carbonyl (C=O) groups excluding carboxylic acids is 1. The van der Waals surface area contributed by atoms with Crippen LogP contribution in [0.4, 0.5) is 0 Å². The second kappa shape index (κ2) is 5.81. The van der Waals surface area contributed by atoms with Crippen LogP contribution in [0.2, 0.25) is 0 Å². The largest absolute Gasteiger partial charge is 0.393 e. The fourth-order valence-electron chi connectivity index (χ4n) is 5.06. The molecule has 2 rings (SSSR count). The molecule has 1 N–H and O–H groups in total. The van der Waals surface area contributed by atoms with E-state index in [1.807, 2.05) is 0 Å². The van der Waals surface area contributed by atoms with Crippen LogP contribution in [0.1, 0.15) is 52.9 Å². The summed E-state index contributed by atoms with van der Waals surface area (Å²) in [5, 5.41) is 10.4. The summed E-state index contributed by atoms with van der Waals surface area (Å²) >= 11 is 0. The predicted octanol–water partition coefficient (Wildman–Crippen LogP) is 4.46. The first-order valence-electron chi connectivity index (χ1n) is 8.33. The minimum Gasteiger partial charge on any atom is -0.393 e. The van der Waals surface area contributed by atoms with Gasteiger partial charge in [0.1, 0.15) is 5.78 Å². The highest BCUT2D eigenvalue weighted by molar-refractivity contribution is 5.87. The van der Waals surface area contributed by atoms with Crippen LogP contribution in [-0.2, 0) is 4.79 Å². The predicted molar refractivity (Wildman–Crippen MR) is 91.4 cm³/mol. The van der Waals surface area contributed by atoms with Gasteiger partial charge in [0.05, 0.1) is 6.10 Å². The van der Waals surface area contributed by atoms with Crippen LogP contribution in [-0.4, -0.2) is 17.0 Å². The molecule has 22 heavy (non-hydrogen) atoms.